The number of anilines is 1. The highest BCUT2D eigenvalue weighted by Crippen LogP contribution is 2.26. The van der Waals surface area contributed by atoms with E-state index in [2.05, 4.69) is 37.2 Å². The average molecular weight is 637 g/mol. The van der Waals surface area contributed by atoms with Gasteiger partial charge in [-0.3, -0.25) is 13.9 Å². The molecule has 1 unspecified atom stereocenters. The molecule has 3 aromatic rings. The first-order chi connectivity index (χ1) is 17.0. The molecule has 0 aliphatic carbocycles. The van der Waals surface area contributed by atoms with Gasteiger partial charge in [0.1, 0.15) is 12.6 Å². The fraction of sp³-hybridized carbons (Fsp3) is 0.231. The van der Waals surface area contributed by atoms with Crippen LogP contribution in [0.3, 0.4) is 0 Å². The van der Waals surface area contributed by atoms with Crippen molar-refractivity contribution in [1.29, 1.82) is 0 Å². The van der Waals surface area contributed by atoms with Gasteiger partial charge in [-0.2, -0.15) is 0 Å². The number of carbonyl (C=O) groups is 2. The van der Waals surface area contributed by atoms with Crippen LogP contribution in [0, 0.1) is 6.92 Å². The molecule has 1 N–H and O–H groups in total. The summed E-state index contributed by atoms with van der Waals surface area (Å²) in [4.78, 5) is 27.6. The Morgan fingerprint density at radius 3 is 1.94 bits per heavy atom. The van der Waals surface area contributed by atoms with Crippen molar-refractivity contribution < 1.29 is 18.0 Å². The van der Waals surface area contributed by atoms with Gasteiger partial charge in [0.15, 0.2) is 0 Å². The van der Waals surface area contributed by atoms with E-state index in [9.17, 15) is 18.0 Å². The second kappa shape index (κ2) is 12.0. The van der Waals surface area contributed by atoms with Gasteiger partial charge in [0.2, 0.25) is 11.8 Å². The zero-order chi connectivity index (χ0) is 26.5. The molecule has 0 saturated carbocycles. The molecule has 0 fully saturated rings. The molecule has 2 amide bonds. The lowest BCUT2D eigenvalue weighted by Crippen LogP contribution is -2.50. The smallest absolute Gasteiger partial charge is 0.264 e. The van der Waals surface area contributed by atoms with E-state index in [4.69, 9.17) is 0 Å². The molecule has 0 spiro atoms. The normalized spacial score (nSPS) is 12.0. The number of sulfonamides is 1. The van der Waals surface area contributed by atoms with Crippen molar-refractivity contribution in [2.24, 2.45) is 0 Å². The number of carbonyl (C=O) groups excluding carboxylic acids is 2. The molecule has 0 heterocycles. The number of likely N-dealkylation sites (N-methyl/N-ethyl adjacent to an activating group) is 1. The average Bonchev–Trinajstić information content (AvgIpc) is 2.86. The van der Waals surface area contributed by atoms with Crippen LogP contribution >= 0.6 is 31.9 Å². The number of hydrogen-bond acceptors (Lipinski definition) is 4. The molecule has 7 nitrogen and oxygen atoms in total. The summed E-state index contributed by atoms with van der Waals surface area (Å²) in [7, 11) is -2.58. The summed E-state index contributed by atoms with van der Waals surface area (Å²) in [5.74, 6) is -0.857. The molecule has 190 valence electrons. The van der Waals surface area contributed by atoms with E-state index >= 15 is 0 Å². The third-order valence-electron chi connectivity index (χ3n) is 5.68. The van der Waals surface area contributed by atoms with E-state index in [1.54, 1.807) is 43.3 Å². The Bertz CT molecular complexity index is 1310. The fourth-order valence-electron chi connectivity index (χ4n) is 3.55. The second-order valence-corrected chi connectivity index (χ2v) is 11.9. The lowest BCUT2D eigenvalue weighted by Gasteiger charge is -2.31. The zero-order valence-corrected chi connectivity index (χ0v) is 24.1. The number of benzene rings is 3. The predicted molar refractivity (Wildman–Crippen MR) is 148 cm³/mol. The van der Waals surface area contributed by atoms with Crippen molar-refractivity contribution in [3.63, 3.8) is 0 Å². The minimum Gasteiger partial charge on any atom is -0.357 e. The molecular weight excluding hydrogens is 610 g/mol. The Labute approximate surface area is 228 Å². The Balaban J connectivity index is 2.01. The number of hydrogen-bond donors (Lipinski definition) is 1. The molecule has 1 atom stereocenters. The van der Waals surface area contributed by atoms with E-state index in [1.165, 1.54) is 24.1 Å². The quantitative estimate of drug-likeness (QED) is 0.363. The molecular formula is C26H27Br2N3O4S. The van der Waals surface area contributed by atoms with Gasteiger partial charge < -0.3 is 10.2 Å². The van der Waals surface area contributed by atoms with E-state index in [0.29, 0.717) is 5.69 Å². The molecule has 3 aromatic carbocycles. The van der Waals surface area contributed by atoms with Crippen molar-refractivity contribution in [3.8, 4) is 0 Å². The summed E-state index contributed by atoms with van der Waals surface area (Å²) in [5, 5.41) is 2.57. The minimum atomic E-state index is -4.08. The first-order valence-electron chi connectivity index (χ1n) is 11.1. The first kappa shape index (κ1) is 27.9. The van der Waals surface area contributed by atoms with Crippen molar-refractivity contribution in [1.82, 2.24) is 10.2 Å². The van der Waals surface area contributed by atoms with Crippen LogP contribution in [-0.2, 0) is 26.2 Å². The molecule has 3 rings (SSSR count). The van der Waals surface area contributed by atoms with Crippen LogP contribution in [0.15, 0.2) is 86.6 Å². The maximum Gasteiger partial charge on any atom is 0.264 e. The van der Waals surface area contributed by atoms with Crippen molar-refractivity contribution in [2.45, 2.75) is 31.3 Å². The van der Waals surface area contributed by atoms with Gasteiger partial charge in [0.25, 0.3) is 10.0 Å². The van der Waals surface area contributed by atoms with E-state index < -0.39 is 28.5 Å². The monoisotopic (exact) mass is 635 g/mol. The van der Waals surface area contributed by atoms with E-state index in [1.807, 2.05) is 31.2 Å². The van der Waals surface area contributed by atoms with Crippen LogP contribution in [0.1, 0.15) is 18.1 Å². The van der Waals surface area contributed by atoms with Crippen molar-refractivity contribution in [2.75, 3.05) is 17.9 Å². The highest BCUT2D eigenvalue weighted by molar-refractivity contribution is 9.10. The van der Waals surface area contributed by atoms with Gasteiger partial charge in [-0.15, -0.1) is 0 Å². The third-order valence-corrected chi connectivity index (χ3v) is 8.53. The number of halogens is 2. The van der Waals surface area contributed by atoms with Crippen LogP contribution in [0.2, 0.25) is 0 Å². The molecule has 10 heteroatoms. The van der Waals surface area contributed by atoms with Crippen LogP contribution in [0.25, 0.3) is 0 Å². The van der Waals surface area contributed by atoms with Crippen LogP contribution < -0.4 is 9.62 Å². The van der Waals surface area contributed by atoms with Gasteiger partial charge in [0.05, 0.1) is 10.6 Å². The summed E-state index contributed by atoms with van der Waals surface area (Å²) < 4.78 is 30.1. The number of nitrogens with zero attached hydrogens (tertiary/aromatic N) is 2. The number of nitrogens with one attached hydrogen (secondary N) is 1. The summed E-state index contributed by atoms with van der Waals surface area (Å²) in [5.41, 5.74) is 2.06. The molecule has 0 bridgehead atoms. The second-order valence-electron chi connectivity index (χ2n) is 8.24. The maximum absolute atomic E-state index is 13.7. The Hall–Kier alpha value is -2.69. The van der Waals surface area contributed by atoms with Crippen LogP contribution in [0.4, 0.5) is 5.69 Å². The van der Waals surface area contributed by atoms with Crippen molar-refractivity contribution >= 4 is 59.4 Å². The number of aryl methyl sites for hydroxylation is 1. The van der Waals surface area contributed by atoms with Gasteiger partial charge in [0, 0.05) is 22.5 Å². The van der Waals surface area contributed by atoms with Crippen LogP contribution in [0.5, 0.6) is 0 Å². The highest BCUT2D eigenvalue weighted by Gasteiger charge is 2.32. The molecule has 0 aliphatic rings. The minimum absolute atomic E-state index is 0.0719. The summed E-state index contributed by atoms with van der Waals surface area (Å²) in [6.45, 7) is 3.15. The summed E-state index contributed by atoms with van der Waals surface area (Å²) in [6, 6.07) is 19.7. The zero-order valence-electron chi connectivity index (χ0n) is 20.1. The number of rotatable bonds is 9. The van der Waals surface area contributed by atoms with Crippen LogP contribution in [-0.4, -0.2) is 44.8 Å². The largest absolute Gasteiger partial charge is 0.357 e. The molecule has 36 heavy (non-hydrogen) atoms. The van der Waals surface area contributed by atoms with Crippen molar-refractivity contribution in [3.05, 3.63) is 92.9 Å². The first-order valence-corrected chi connectivity index (χ1v) is 14.2. The van der Waals surface area contributed by atoms with Gasteiger partial charge >= 0.3 is 0 Å². The van der Waals surface area contributed by atoms with Gasteiger partial charge in [-0.1, -0.05) is 61.7 Å². The Morgan fingerprint density at radius 1 is 0.889 bits per heavy atom. The standard InChI is InChI=1S/C26H27Br2N3O4S/c1-18-4-14-24(15-5-18)36(34,35)31(23-12-10-22(28)11-13-23)17-25(32)30(19(2)26(33)29-3)16-20-6-8-21(27)9-7-20/h4-15,19H,16-17H2,1-3H3,(H,29,33). The fourth-order valence-corrected chi connectivity index (χ4v) is 5.49. The van der Waals surface area contributed by atoms with Gasteiger partial charge in [-0.25, -0.2) is 8.42 Å². The Kier molecular flexibility index (Phi) is 9.32. The molecule has 0 aliphatic heterocycles. The van der Waals surface area contributed by atoms with E-state index in [0.717, 1.165) is 24.4 Å². The third kappa shape index (κ3) is 6.74. The predicted octanol–water partition coefficient (Wildman–Crippen LogP) is 4.88. The lowest BCUT2D eigenvalue weighted by molar-refractivity contribution is -0.139. The topological polar surface area (TPSA) is 86.8 Å². The molecule has 0 saturated heterocycles. The van der Waals surface area contributed by atoms with E-state index in [-0.39, 0.29) is 17.3 Å². The Morgan fingerprint density at radius 2 is 1.42 bits per heavy atom. The molecule has 0 aromatic heterocycles. The van der Waals surface area contributed by atoms with Gasteiger partial charge in [-0.05, 0) is 67.9 Å². The number of amides is 2. The maximum atomic E-state index is 13.7. The SMILES string of the molecule is CNC(=O)C(C)N(Cc1ccc(Br)cc1)C(=O)CN(c1ccc(Br)cc1)S(=O)(=O)c1ccc(C)cc1. The summed E-state index contributed by atoms with van der Waals surface area (Å²) in [6.07, 6.45) is 0. The highest BCUT2D eigenvalue weighted by atomic mass is 79.9. The summed E-state index contributed by atoms with van der Waals surface area (Å²) >= 11 is 6.76. The lowest BCUT2D eigenvalue weighted by atomic mass is 10.1. The molecule has 0 radical (unpaired) electrons.